The van der Waals surface area contributed by atoms with Crippen LogP contribution in [0.3, 0.4) is 0 Å². The molecule has 3 nitrogen and oxygen atoms in total. The molecule has 3 heteroatoms. The summed E-state index contributed by atoms with van der Waals surface area (Å²) in [5.41, 5.74) is 0.542. The average molecular weight is 403 g/mol. The van der Waals surface area contributed by atoms with E-state index in [1.54, 1.807) is 0 Å². The van der Waals surface area contributed by atoms with Gasteiger partial charge >= 0.3 is 5.97 Å². The number of unbranched alkanes of at least 4 members (excludes halogenated alkanes) is 3. The molecule has 0 aliphatic heterocycles. The Bertz CT molecular complexity index is 627. The standard InChI is InChI=1S/C26H42O3/c1-4-5-6-7-8-24(28)29-23-12-11-21-20-10-9-18-17-19(27)13-15-25(18,2)22(20)14-16-26(21,23)3/h18,20-23H,4-17H2,1-3H3/t18?,20?,21?,22?,23-,25-,26-/m0/s1. The van der Waals surface area contributed by atoms with Gasteiger partial charge < -0.3 is 4.74 Å². The van der Waals surface area contributed by atoms with Gasteiger partial charge in [0, 0.05) is 24.7 Å². The van der Waals surface area contributed by atoms with Gasteiger partial charge in [-0.3, -0.25) is 9.59 Å². The highest BCUT2D eigenvalue weighted by Crippen LogP contribution is 2.66. The quantitative estimate of drug-likeness (QED) is 0.377. The number of carbonyl (C=O) groups is 2. The zero-order valence-corrected chi connectivity index (χ0v) is 19.0. The van der Waals surface area contributed by atoms with E-state index in [9.17, 15) is 9.59 Å². The second-order valence-corrected chi connectivity index (χ2v) is 11.3. The number of ether oxygens (including phenoxy) is 1. The number of Topliss-reactive ketones (excluding diaryl/α,β-unsaturated/α-hetero) is 1. The third-order valence-corrected chi connectivity index (χ3v) is 9.90. The molecule has 0 radical (unpaired) electrons. The summed E-state index contributed by atoms with van der Waals surface area (Å²) in [6.45, 7) is 7.13. The highest BCUT2D eigenvalue weighted by atomic mass is 16.5. The van der Waals surface area contributed by atoms with Crippen molar-refractivity contribution >= 4 is 11.8 Å². The first-order chi connectivity index (χ1) is 13.9. The number of rotatable bonds is 6. The molecule has 0 aromatic heterocycles. The normalized spacial score (nSPS) is 44.0. The molecule has 4 aliphatic carbocycles. The molecule has 4 fully saturated rings. The van der Waals surface area contributed by atoms with Crippen molar-refractivity contribution in [2.24, 2.45) is 34.5 Å². The van der Waals surface area contributed by atoms with Crippen LogP contribution in [0.5, 0.6) is 0 Å². The molecule has 0 spiro atoms. The molecule has 0 aromatic carbocycles. The fourth-order valence-corrected chi connectivity index (χ4v) is 8.10. The first kappa shape index (κ1) is 21.4. The number of hydrogen-bond acceptors (Lipinski definition) is 3. The van der Waals surface area contributed by atoms with Crippen LogP contribution in [0.2, 0.25) is 0 Å². The van der Waals surface area contributed by atoms with Crippen LogP contribution in [-0.4, -0.2) is 17.9 Å². The van der Waals surface area contributed by atoms with E-state index in [1.165, 1.54) is 44.9 Å². The SMILES string of the molecule is CCCCCCC(=O)O[C@H]1CCC2C3CCC4CC(=O)CC[C@]4(C)C3CC[C@@]21C. The third-order valence-electron chi connectivity index (χ3n) is 9.90. The highest BCUT2D eigenvalue weighted by molar-refractivity contribution is 5.79. The van der Waals surface area contributed by atoms with Crippen LogP contribution in [0.4, 0.5) is 0 Å². The average Bonchev–Trinajstić information content (AvgIpc) is 3.02. The van der Waals surface area contributed by atoms with Crippen molar-refractivity contribution in [1.82, 2.24) is 0 Å². The van der Waals surface area contributed by atoms with Crippen LogP contribution in [0.15, 0.2) is 0 Å². The van der Waals surface area contributed by atoms with Crippen LogP contribution in [0.25, 0.3) is 0 Å². The molecule has 4 aliphatic rings. The molecule has 7 atom stereocenters. The summed E-state index contributed by atoms with van der Waals surface area (Å²) >= 11 is 0. The summed E-state index contributed by atoms with van der Waals surface area (Å²) in [6.07, 6.45) is 15.3. The summed E-state index contributed by atoms with van der Waals surface area (Å²) in [4.78, 5) is 24.5. The van der Waals surface area contributed by atoms with Gasteiger partial charge in [-0.1, -0.05) is 40.0 Å². The molecule has 4 unspecified atom stereocenters. The molecule has 0 aromatic rings. The molecule has 4 saturated carbocycles. The van der Waals surface area contributed by atoms with Crippen molar-refractivity contribution in [3.8, 4) is 0 Å². The third kappa shape index (κ3) is 3.81. The molecule has 164 valence electrons. The lowest BCUT2D eigenvalue weighted by atomic mass is 9.45. The second kappa shape index (κ2) is 8.35. The van der Waals surface area contributed by atoms with Crippen LogP contribution in [0, 0.1) is 34.5 Å². The van der Waals surface area contributed by atoms with Gasteiger partial charge in [0.05, 0.1) is 0 Å². The largest absolute Gasteiger partial charge is 0.462 e. The van der Waals surface area contributed by atoms with Crippen molar-refractivity contribution in [2.45, 2.75) is 117 Å². The minimum atomic E-state index is 0.0385. The Balaban J connectivity index is 1.41. The molecular weight excluding hydrogens is 360 g/mol. The number of carbonyl (C=O) groups excluding carboxylic acids is 2. The number of fused-ring (bicyclic) bond motifs is 5. The minimum Gasteiger partial charge on any atom is -0.462 e. The molecule has 0 amide bonds. The zero-order valence-electron chi connectivity index (χ0n) is 19.0. The van der Waals surface area contributed by atoms with E-state index >= 15 is 0 Å². The van der Waals surface area contributed by atoms with Crippen molar-refractivity contribution in [2.75, 3.05) is 0 Å². The van der Waals surface area contributed by atoms with E-state index in [-0.39, 0.29) is 17.5 Å². The number of ketones is 1. The summed E-state index contributed by atoms with van der Waals surface area (Å²) in [7, 11) is 0. The van der Waals surface area contributed by atoms with Crippen LogP contribution in [-0.2, 0) is 14.3 Å². The maximum Gasteiger partial charge on any atom is 0.306 e. The van der Waals surface area contributed by atoms with Crippen LogP contribution in [0.1, 0.15) is 111 Å². The van der Waals surface area contributed by atoms with Gasteiger partial charge in [-0.25, -0.2) is 0 Å². The van der Waals surface area contributed by atoms with Crippen molar-refractivity contribution in [3.63, 3.8) is 0 Å². The maximum atomic E-state index is 12.5. The Kier molecular flexibility index (Phi) is 6.15. The topological polar surface area (TPSA) is 43.4 Å². The lowest BCUT2D eigenvalue weighted by Crippen LogP contribution is -2.54. The summed E-state index contributed by atoms with van der Waals surface area (Å²) in [5.74, 6) is 3.41. The van der Waals surface area contributed by atoms with E-state index in [0.29, 0.717) is 29.5 Å². The zero-order chi connectivity index (χ0) is 20.6. The number of hydrogen-bond donors (Lipinski definition) is 0. The Morgan fingerprint density at radius 1 is 0.966 bits per heavy atom. The Hall–Kier alpha value is -0.860. The lowest BCUT2D eigenvalue weighted by Gasteiger charge is -2.60. The molecule has 4 rings (SSSR count). The molecular formula is C26H42O3. The fraction of sp³-hybridized carbons (Fsp3) is 0.923. The van der Waals surface area contributed by atoms with Gasteiger partial charge in [-0.15, -0.1) is 0 Å². The number of esters is 1. The molecule has 0 saturated heterocycles. The van der Waals surface area contributed by atoms with Gasteiger partial charge in [0.25, 0.3) is 0 Å². The Morgan fingerprint density at radius 2 is 1.76 bits per heavy atom. The van der Waals surface area contributed by atoms with Gasteiger partial charge in [0.15, 0.2) is 0 Å². The maximum absolute atomic E-state index is 12.5. The van der Waals surface area contributed by atoms with E-state index in [1.807, 2.05) is 0 Å². The summed E-state index contributed by atoms with van der Waals surface area (Å²) in [5, 5.41) is 0. The smallest absolute Gasteiger partial charge is 0.306 e. The predicted octanol–water partition coefficient (Wildman–Crippen LogP) is 6.48. The fourth-order valence-electron chi connectivity index (χ4n) is 8.10. The minimum absolute atomic E-state index is 0.0385. The predicted molar refractivity (Wildman–Crippen MR) is 115 cm³/mol. The summed E-state index contributed by atoms with van der Waals surface area (Å²) in [6, 6.07) is 0. The Labute approximate surface area is 177 Å². The second-order valence-electron chi connectivity index (χ2n) is 11.3. The van der Waals surface area contributed by atoms with E-state index < -0.39 is 0 Å². The molecule has 0 heterocycles. The lowest BCUT2D eigenvalue weighted by molar-refractivity contribution is -0.164. The molecule has 29 heavy (non-hydrogen) atoms. The van der Waals surface area contributed by atoms with Crippen molar-refractivity contribution < 1.29 is 14.3 Å². The van der Waals surface area contributed by atoms with E-state index in [2.05, 4.69) is 20.8 Å². The van der Waals surface area contributed by atoms with Crippen molar-refractivity contribution in [3.05, 3.63) is 0 Å². The molecule has 0 N–H and O–H groups in total. The summed E-state index contributed by atoms with van der Waals surface area (Å²) < 4.78 is 6.11. The van der Waals surface area contributed by atoms with E-state index in [0.717, 1.165) is 50.4 Å². The highest BCUT2D eigenvalue weighted by Gasteiger charge is 2.61. The Morgan fingerprint density at radius 3 is 2.55 bits per heavy atom. The van der Waals surface area contributed by atoms with Gasteiger partial charge in [-0.2, -0.15) is 0 Å². The van der Waals surface area contributed by atoms with E-state index in [4.69, 9.17) is 4.74 Å². The monoisotopic (exact) mass is 402 g/mol. The van der Waals surface area contributed by atoms with Crippen LogP contribution >= 0.6 is 0 Å². The molecule has 0 bridgehead atoms. The van der Waals surface area contributed by atoms with Crippen LogP contribution < -0.4 is 0 Å². The van der Waals surface area contributed by atoms with Gasteiger partial charge in [0.2, 0.25) is 0 Å². The first-order valence-corrected chi connectivity index (χ1v) is 12.6. The first-order valence-electron chi connectivity index (χ1n) is 12.6. The van der Waals surface area contributed by atoms with Crippen molar-refractivity contribution in [1.29, 1.82) is 0 Å². The van der Waals surface area contributed by atoms with Gasteiger partial charge in [-0.05, 0) is 80.5 Å². The van der Waals surface area contributed by atoms with Gasteiger partial charge in [0.1, 0.15) is 11.9 Å².